The lowest BCUT2D eigenvalue weighted by atomic mass is 10.2. The second-order valence-corrected chi connectivity index (χ2v) is 7.16. The van der Waals surface area contributed by atoms with Gasteiger partial charge in [0.25, 0.3) is 0 Å². The zero-order chi connectivity index (χ0) is 14.8. The van der Waals surface area contributed by atoms with Gasteiger partial charge in [-0.2, -0.15) is 0 Å². The van der Waals surface area contributed by atoms with Crippen molar-refractivity contribution in [3.63, 3.8) is 0 Å². The highest BCUT2D eigenvalue weighted by Gasteiger charge is 2.18. The number of hydrogen-bond donors (Lipinski definition) is 1. The van der Waals surface area contributed by atoms with Crippen LogP contribution in [0.3, 0.4) is 0 Å². The molecule has 0 amide bonds. The predicted molar refractivity (Wildman–Crippen MR) is 91.5 cm³/mol. The van der Waals surface area contributed by atoms with Crippen molar-refractivity contribution >= 4 is 22.7 Å². The number of rotatable bonds is 4. The number of nitrogens with zero attached hydrogens (tertiary/aromatic N) is 2. The zero-order valence-electron chi connectivity index (χ0n) is 13.0. The second kappa shape index (κ2) is 6.06. The monoisotopic (exact) mass is 301 g/mol. The van der Waals surface area contributed by atoms with Gasteiger partial charge in [-0.25, -0.2) is 4.98 Å². The zero-order valence-corrected chi connectivity index (χ0v) is 13.8. The smallest absolute Gasteiger partial charge is 0.0901 e. The summed E-state index contributed by atoms with van der Waals surface area (Å²) in [5, 5.41) is 4.80. The summed E-state index contributed by atoms with van der Waals surface area (Å²) >= 11 is 1.78. The van der Waals surface area contributed by atoms with Crippen molar-refractivity contribution in [3.05, 3.63) is 39.8 Å². The lowest BCUT2D eigenvalue weighted by molar-refractivity contribution is 0.834. The molecule has 0 aliphatic carbocycles. The largest absolute Gasteiger partial charge is 0.375 e. The Morgan fingerprint density at radius 1 is 1.19 bits per heavy atom. The van der Waals surface area contributed by atoms with Gasteiger partial charge in [0, 0.05) is 18.0 Å². The topological polar surface area (TPSA) is 28.2 Å². The van der Waals surface area contributed by atoms with Crippen LogP contribution in [0.5, 0.6) is 0 Å². The van der Waals surface area contributed by atoms with Crippen LogP contribution in [-0.2, 0) is 0 Å². The van der Waals surface area contributed by atoms with Crippen LogP contribution in [0.2, 0.25) is 0 Å². The van der Waals surface area contributed by atoms with E-state index >= 15 is 0 Å². The van der Waals surface area contributed by atoms with Gasteiger partial charge in [-0.3, -0.25) is 0 Å². The summed E-state index contributed by atoms with van der Waals surface area (Å²) in [4.78, 5) is 8.47. The van der Waals surface area contributed by atoms with Gasteiger partial charge in [-0.15, -0.1) is 11.3 Å². The Kier molecular flexibility index (Phi) is 4.15. The van der Waals surface area contributed by atoms with Crippen molar-refractivity contribution < 1.29 is 0 Å². The first kappa shape index (κ1) is 14.4. The Morgan fingerprint density at radius 2 is 1.90 bits per heavy atom. The first-order valence-corrected chi connectivity index (χ1v) is 8.51. The SMILES string of the molecule is Cc1nc(C(C)Nc2ccccc2N2CCCC2)c(C)s1. The molecule has 3 rings (SSSR count). The normalized spacial score (nSPS) is 16.2. The molecule has 0 saturated carbocycles. The van der Waals surface area contributed by atoms with Crippen LogP contribution in [-0.4, -0.2) is 18.1 Å². The average molecular weight is 301 g/mol. The molecular formula is C17H23N3S. The molecule has 1 aromatic heterocycles. The molecule has 0 spiro atoms. The predicted octanol–water partition coefficient (Wildman–Crippen LogP) is 4.53. The van der Waals surface area contributed by atoms with Gasteiger partial charge in [0.05, 0.1) is 28.1 Å². The molecule has 1 unspecified atom stereocenters. The molecule has 1 aliphatic rings. The molecule has 1 aromatic carbocycles. The summed E-state index contributed by atoms with van der Waals surface area (Å²) in [6, 6.07) is 8.87. The lowest BCUT2D eigenvalue weighted by Crippen LogP contribution is -2.20. The molecule has 1 N–H and O–H groups in total. The Labute approximate surface area is 131 Å². The van der Waals surface area contributed by atoms with Gasteiger partial charge in [0.15, 0.2) is 0 Å². The Morgan fingerprint density at radius 3 is 2.57 bits per heavy atom. The molecule has 1 atom stereocenters. The fourth-order valence-corrected chi connectivity index (χ4v) is 3.99. The molecule has 0 radical (unpaired) electrons. The van der Waals surface area contributed by atoms with Gasteiger partial charge in [-0.05, 0) is 45.7 Å². The maximum atomic E-state index is 4.68. The van der Waals surface area contributed by atoms with Gasteiger partial charge in [0.1, 0.15) is 0 Å². The first-order chi connectivity index (χ1) is 10.1. The summed E-state index contributed by atoms with van der Waals surface area (Å²) in [5.41, 5.74) is 3.72. The number of benzene rings is 1. The molecule has 0 bridgehead atoms. The van der Waals surface area contributed by atoms with E-state index in [1.54, 1.807) is 11.3 Å². The minimum atomic E-state index is 0.235. The maximum Gasteiger partial charge on any atom is 0.0901 e. The number of hydrogen-bond acceptors (Lipinski definition) is 4. The van der Waals surface area contributed by atoms with E-state index in [-0.39, 0.29) is 6.04 Å². The molecule has 3 nitrogen and oxygen atoms in total. The van der Waals surface area contributed by atoms with E-state index in [1.807, 2.05) is 0 Å². The minimum Gasteiger partial charge on any atom is -0.375 e. The Bertz CT molecular complexity index is 614. The van der Waals surface area contributed by atoms with Gasteiger partial charge in [0.2, 0.25) is 0 Å². The van der Waals surface area contributed by atoms with Crippen molar-refractivity contribution in [1.82, 2.24) is 4.98 Å². The van der Waals surface area contributed by atoms with E-state index in [9.17, 15) is 0 Å². The van der Waals surface area contributed by atoms with Crippen LogP contribution < -0.4 is 10.2 Å². The van der Waals surface area contributed by atoms with Crippen molar-refractivity contribution in [1.29, 1.82) is 0 Å². The van der Waals surface area contributed by atoms with E-state index in [1.165, 1.54) is 47.9 Å². The van der Waals surface area contributed by atoms with Crippen LogP contribution in [0.4, 0.5) is 11.4 Å². The van der Waals surface area contributed by atoms with E-state index in [0.29, 0.717) is 0 Å². The highest BCUT2D eigenvalue weighted by molar-refractivity contribution is 7.11. The third kappa shape index (κ3) is 3.05. The Hall–Kier alpha value is -1.55. The summed E-state index contributed by atoms with van der Waals surface area (Å²) in [5.74, 6) is 0. The molecule has 1 fully saturated rings. The number of aryl methyl sites for hydroxylation is 2. The number of aromatic nitrogens is 1. The van der Waals surface area contributed by atoms with E-state index in [0.717, 1.165) is 5.01 Å². The standard InChI is InChI=1S/C17H23N3S/c1-12(17-13(2)21-14(3)19-17)18-15-8-4-5-9-16(15)20-10-6-7-11-20/h4-5,8-9,12,18H,6-7,10-11H2,1-3H3. The summed E-state index contributed by atoms with van der Waals surface area (Å²) < 4.78 is 0. The fourth-order valence-electron chi connectivity index (χ4n) is 3.08. The average Bonchev–Trinajstić information content (AvgIpc) is 3.09. The molecule has 2 heterocycles. The van der Waals surface area contributed by atoms with Gasteiger partial charge < -0.3 is 10.2 Å². The third-order valence-corrected chi connectivity index (χ3v) is 4.97. The van der Waals surface area contributed by atoms with Crippen LogP contribution in [0, 0.1) is 13.8 Å². The number of thiazole rings is 1. The van der Waals surface area contributed by atoms with Crippen LogP contribution in [0.15, 0.2) is 24.3 Å². The fraction of sp³-hybridized carbons (Fsp3) is 0.471. The van der Waals surface area contributed by atoms with E-state index in [4.69, 9.17) is 0 Å². The van der Waals surface area contributed by atoms with Crippen LogP contribution in [0.1, 0.15) is 41.4 Å². The van der Waals surface area contributed by atoms with Gasteiger partial charge >= 0.3 is 0 Å². The summed E-state index contributed by atoms with van der Waals surface area (Å²) in [7, 11) is 0. The second-order valence-electron chi connectivity index (χ2n) is 5.75. The Balaban J connectivity index is 1.82. The minimum absolute atomic E-state index is 0.235. The highest BCUT2D eigenvalue weighted by atomic mass is 32.1. The molecule has 1 saturated heterocycles. The van der Waals surface area contributed by atoms with Crippen molar-refractivity contribution in [2.24, 2.45) is 0 Å². The van der Waals surface area contributed by atoms with Crippen molar-refractivity contribution in [3.8, 4) is 0 Å². The quantitative estimate of drug-likeness (QED) is 0.899. The number of anilines is 2. The van der Waals surface area contributed by atoms with Crippen molar-refractivity contribution in [2.75, 3.05) is 23.3 Å². The number of nitrogens with one attached hydrogen (secondary N) is 1. The van der Waals surface area contributed by atoms with E-state index in [2.05, 4.69) is 60.2 Å². The molecule has 2 aromatic rings. The highest BCUT2D eigenvalue weighted by Crippen LogP contribution is 2.32. The van der Waals surface area contributed by atoms with Gasteiger partial charge in [-0.1, -0.05) is 12.1 Å². The first-order valence-electron chi connectivity index (χ1n) is 7.69. The number of para-hydroxylation sites is 2. The van der Waals surface area contributed by atoms with Crippen LogP contribution in [0.25, 0.3) is 0 Å². The molecule has 112 valence electrons. The summed E-state index contributed by atoms with van der Waals surface area (Å²) in [6.45, 7) is 8.77. The molecule has 21 heavy (non-hydrogen) atoms. The summed E-state index contributed by atoms with van der Waals surface area (Å²) in [6.07, 6.45) is 2.60. The van der Waals surface area contributed by atoms with Crippen LogP contribution >= 0.6 is 11.3 Å². The maximum absolute atomic E-state index is 4.68. The molecular weight excluding hydrogens is 278 g/mol. The lowest BCUT2D eigenvalue weighted by Gasteiger charge is -2.24. The van der Waals surface area contributed by atoms with E-state index < -0.39 is 0 Å². The van der Waals surface area contributed by atoms with Crippen molar-refractivity contribution in [2.45, 2.75) is 39.7 Å². The molecule has 4 heteroatoms. The third-order valence-electron chi connectivity index (χ3n) is 4.07. The molecule has 1 aliphatic heterocycles.